The number of allylic oxidation sites excluding steroid dienone is 1. The van der Waals surface area contributed by atoms with Gasteiger partial charge in [0.1, 0.15) is 0 Å². The SMILES string of the molecule is CCCCCCCCC[C@@H]1C[C@@H]2CC[C@H]3[C@@H](C(=O)OCCCCCCCCC[C@H]4NC(=N)N5CCCC5=C4C(=O)OCCCCNC(=N)N)[C@@H](C)N=C(N1)N23. The quantitative estimate of drug-likeness (QED) is 0.0263. The summed E-state index contributed by atoms with van der Waals surface area (Å²) in [5.41, 5.74) is 6.98. The fourth-order valence-electron chi connectivity index (χ4n) is 9.55. The molecule has 0 amide bonds. The molecule has 0 aliphatic carbocycles. The van der Waals surface area contributed by atoms with Gasteiger partial charge in [-0.05, 0) is 71.1 Å². The Morgan fingerprint density at radius 2 is 1.56 bits per heavy atom. The number of rotatable bonds is 25. The van der Waals surface area contributed by atoms with E-state index in [0.29, 0.717) is 49.8 Å². The fourth-order valence-corrected chi connectivity index (χ4v) is 9.55. The molecule has 310 valence electrons. The largest absolute Gasteiger partial charge is 0.465 e. The van der Waals surface area contributed by atoms with Gasteiger partial charge < -0.3 is 41.0 Å². The summed E-state index contributed by atoms with van der Waals surface area (Å²) in [6.45, 7) is 6.50. The van der Waals surface area contributed by atoms with Gasteiger partial charge in [-0.2, -0.15) is 0 Å². The first kappa shape index (κ1) is 42.6. The predicted molar refractivity (Wildman–Crippen MR) is 219 cm³/mol. The summed E-state index contributed by atoms with van der Waals surface area (Å²) in [6, 6.07) is 0.929. The molecule has 55 heavy (non-hydrogen) atoms. The summed E-state index contributed by atoms with van der Waals surface area (Å²) >= 11 is 0. The minimum Gasteiger partial charge on any atom is -0.465 e. The van der Waals surface area contributed by atoms with Crippen LogP contribution in [0, 0.1) is 16.7 Å². The third-order valence-electron chi connectivity index (χ3n) is 12.5. The van der Waals surface area contributed by atoms with E-state index in [1.165, 1.54) is 51.4 Å². The zero-order valence-electron chi connectivity index (χ0n) is 34.1. The van der Waals surface area contributed by atoms with Gasteiger partial charge in [0.25, 0.3) is 0 Å². The number of carbonyl (C=O) groups excluding carboxylic acids is 2. The molecule has 0 unspecified atom stereocenters. The normalized spacial score (nSPS) is 25.5. The number of nitrogens with two attached hydrogens (primary N) is 1. The maximum absolute atomic E-state index is 13.4. The molecule has 5 heterocycles. The third-order valence-corrected chi connectivity index (χ3v) is 12.5. The van der Waals surface area contributed by atoms with E-state index in [-0.39, 0.29) is 41.9 Å². The molecule has 13 nitrogen and oxygen atoms in total. The van der Waals surface area contributed by atoms with Crippen molar-refractivity contribution in [3.05, 3.63) is 11.3 Å². The minimum absolute atomic E-state index is 0.0518. The first-order valence-electron chi connectivity index (χ1n) is 22.2. The van der Waals surface area contributed by atoms with Crippen LogP contribution in [0.1, 0.15) is 162 Å². The number of hydrogen-bond donors (Lipinski definition) is 6. The van der Waals surface area contributed by atoms with E-state index in [4.69, 9.17) is 31.0 Å². The highest BCUT2D eigenvalue weighted by Gasteiger charge is 2.51. The average Bonchev–Trinajstić information content (AvgIpc) is 3.82. The van der Waals surface area contributed by atoms with E-state index < -0.39 is 0 Å². The van der Waals surface area contributed by atoms with Crippen molar-refractivity contribution in [1.82, 2.24) is 25.8 Å². The van der Waals surface area contributed by atoms with Gasteiger partial charge in [0.15, 0.2) is 17.9 Å². The Labute approximate surface area is 330 Å². The Hall–Kier alpha value is -3.51. The molecule has 7 N–H and O–H groups in total. The molecule has 5 aliphatic rings. The second kappa shape index (κ2) is 22.3. The van der Waals surface area contributed by atoms with Crippen molar-refractivity contribution in [2.75, 3.05) is 26.3 Å². The number of hydrogen-bond acceptors (Lipinski definition) is 9. The Balaban J connectivity index is 0.942. The number of nitrogens with zero attached hydrogens (tertiary/aromatic N) is 3. The fraction of sp³-hybridized carbons (Fsp3) is 0.833. The maximum Gasteiger partial charge on any atom is 0.337 e. The van der Waals surface area contributed by atoms with Crippen molar-refractivity contribution >= 4 is 29.8 Å². The smallest absolute Gasteiger partial charge is 0.337 e. The van der Waals surface area contributed by atoms with Crippen molar-refractivity contribution in [2.45, 2.75) is 192 Å². The molecule has 13 heteroatoms. The summed E-state index contributed by atoms with van der Waals surface area (Å²) in [7, 11) is 0. The van der Waals surface area contributed by atoms with Crippen LogP contribution >= 0.6 is 0 Å². The van der Waals surface area contributed by atoms with Gasteiger partial charge in [0, 0.05) is 36.9 Å². The summed E-state index contributed by atoms with van der Waals surface area (Å²) in [5, 5.41) is 25.6. The number of guanidine groups is 3. The van der Waals surface area contributed by atoms with Crippen molar-refractivity contribution < 1.29 is 19.1 Å². The van der Waals surface area contributed by atoms with E-state index in [0.717, 1.165) is 108 Å². The molecule has 5 aliphatic heterocycles. The van der Waals surface area contributed by atoms with E-state index in [1.807, 2.05) is 4.90 Å². The van der Waals surface area contributed by atoms with Crippen LogP contribution in [0.2, 0.25) is 0 Å². The van der Waals surface area contributed by atoms with Gasteiger partial charge in [0.2, 0.25) is 0 Å². The van der Waals surface area contributed by atoms with Crippen LogP contribution in [-0.4, -0.2) is 96.1 Å². The molecule has 0 radical (unpaired) electrons. The first-order chi connectivity index (χ1) is 26.8. The van der Waals surface area contributed by atoms with Crippen LogP contribution in [0.5, 0.6) is 0 Å². The molecule has 0 spiro atoms. The van der Waals surface area contributed by atoms with Crippen molar-refractivity contribution in [2.24, 2.45) is 16.6 Å². The van der Waals surface area contributed by atoms with E-state index in [1.54, 1.807) is 0 Å². The van der Waals surface area contributed by atoms with Crippen molar-refractivity contribution in [1.29, 1.82) is 10.8 Å². The van der Waals surface area contributed by atoms with Crippen LogP contribution < -0.4 is 21.7 Å². The molecule has 3 fully saturated rings. The van der Waals surface area contributed by atoms with Gasteiger partial charge in [0.05, 0.1) is 36.8 Å². The van der Waals surface area contributed by atoms with Crippen molar-refractivity contribution in [3.63, 3.8) is 0 Å². The summed E-state index contributed by atoms with van der Waals surface area (Å²) < 4.78 is 11.6. The highest BCUT2D eigenvalue weighted by Crippen LogP contribution is 2.40. The number of ether oxygens (including phenoxy) is 2. The maximum atomic E-state index is 13.4. The van der Waals surface area contributed by atoms with E-state index >= 15 is 0 Å². The monoisotopic (exact) mass is 768 g/mol. The molecule has 0 aromatic carbocycles. The van der Waals surface area contributed by atoms with Crippen LogP contribution in [0.25, 0.3) is 0 Å². The molecule has 0 aromatic heterocycles. The highest BCUT2D eigenvalue weighted by atomic mass is 16.5. The zero-order valence-corrected chi connectivity index (χ0v) is 34.1. The molecule has 6 atom stereocenters. The van der Waals surface area contributed by atoms with Gasteiger partial charge in [-0.15, -0.1) is 0 Å². The Bertz CT molecular complexity index is 1340. The van der Waals surface area contributed by atoms with Crippen LogP contribution in [0.4, 0.5) is 0 Å². The van der Waals surface area contributed by atoms with Gasteiger partial charge in [-0.3, -0.25) is 15.6 Å². The molecule has 0 saturated carbocycles. The third kappa shape index (κ3) is 12.2. The second-order valence-corrected chi connectivity index (χ2v) is 16.7. The van der Waals surface area contributed by atoms with Crippen LogP contribution in [0.3, 0.4) is 0 Å². The number of carbonyl (C=O) groups is 2. The predicted octanol–water partition coefficient (Wildman–Crippen LogP) is 6.42. The molecular weight excluding hydrogens is 695 g/mol. The standard InChI is InChI=1S/C42H73N9O4/c1-3-4-5-6-8-11-14-20-31-29-32-23-24-35-36(30(2)47-42(48-31)51(32)35)38(52)54-27-17-13-10-7-9-12-15-21-33-37(34-22-19-26-50(34)41(45)49-33)39(53)55-28-18-16-25-46-40(43)44/h30-33,35-36H,3-29H2,1-2H3,(H2,45,49)(H,47,48)(H4,43,44,46)/t30-,31-,32+,33-,35+,36+/m1/s1. The second-order valence-electron chi connectivity index (χ2n) is 16.7. The lowest BCUT2D eigenvalue weighted by Gasteiger charge is -2.46. The van der Waals surface area contributed by atoms with Gasteiger partial charge >= 0.3 is 11.9 Å². The summed E-state index contributed by atoms with van der Waals surface area (Å²) in [5.74, 6) is 0.829. The molecular formula is C42H73N9O4. The van der Waals surface area contributed by atoms with Crippen molar-refractivity contribution in [3.8, 4) is 0 Å². The Kier molecular flexibility index (Phi) is 17.3. The lowest BCUT2D eigenvalue weighted by atomic mass is 9.89. The number of nitrogens with one attached hydrogen (secondary N) is 5. The molecule has 0 bridgehead atoms. The number of fused-ring (bicyclic) bond motifs is 1. The molecule has 0 aromatic rings. The Morgan fingerprint density at radius 3 is 2.31 bits per heavy atom. The Morgan fingerprint density at radius 1 is 0.891 bits per heavy atom. The minimum atomic E-state index is -0.277. The van der Waals surface area contributed by atoms with Gasteiger partial charge in [-0.1, -0.05) is 90.4 Å². The number of esters is 2. The summed E-state index contributed by atoms with van der Waals surface area (Å²) in [6.07, 6.45) is 25.2. The lowest BCUT2D eigenvalue weighted by Crippen LogP contribution is -2.63. The van der Waals surface area contributed by atoms with E-state index in [2.05, 4.69) is 34.7 Å². The number of unbranched alkanes of at least 4 members (excludes halogenated alkanes) is 13. The highest BCUT2D eigenvalue weighted by molar-refractivity contribution is 5.95. The summed E-state index contributed by atoms with van der Waals surface area (Å²) in [4.78, 5) is 36.0. The average molecular weight is 768 g/mol. The zero-order chi connectivity index (χ0) is 39.0. The van der Waals surface area contributed by atoms with Gasteiger partial charge in [-0.25, -0.2) is 9.79 Å². The topological polar surface area (TPSA) is 181 Å². The van der Waals surface area contributed by atoms with Crippen LogP contribution in [-0.2, 0) is 19.1 Å². The lowest BCUT2D eigenvalue weighted by molar-refractivity contribution is -0.151. The molecule has 5 rings (SSSR count). The van der Waals surface area contributed by atoms with E-state index in [9.17, 15) is 9.59 Å². The van der Waals surface area contributed by atoms with Crippen LogP contribution in [0.15, 0.2) is 16.3 Å². The number of aliphatic imine (C=N–C) groups is 1. The molecule has 3 saturated heterocycles. The first-order valence-corrected chi connectivity index (χ1v) is 22.2.